The van der Waals surface area contributed by atoms with E-state index < -0.39 is 0 Å². The lowest BCUT2D eigenvalue weighted by Gasteiger charge is -2.28. The van der Waals surface area contributed by atoms with Gasteiger partial charge in [-0.1, -0.05) is 18.2 Å². The Bertz CT molecular complexity index is 997. The monoisotopic (exact) mass is 375 g/mol. The Kier molecular flexibility index (Phi) is 5.39. The van der Waals surface area contributed by atoms with E-state index in [0.717, 1.165) is 54.7 Å². The van der Waals surface area contributed by atoms with Crippen molar-refractivity contribution in [1.29, 1.82) is 0 Å². The van der Waals surface area contributed by atoms with Crippen LogP contribution in [0.15, 0.2) is 61.1 Å². The minimum Gasteiger partial charge on any atom is -0.378 e. The first kappa shape index (κ1) is 18.3. The number of fused-ring (bicyclic) bond motifs is 1. The van der Waals surface area contributed by atoms with E-state index in [9.17, 15) is 0 Å². The van der Waals surface area contributed by atoms with Gasteiger partial charge in [-0.05, 0) is 43.7 Å². The average molecular weight is 375 g/mol. The Morgan fingerprint density at radius 1 is 1.14 bits per heavy atom. The molecule has 0 unspecified atom stereocenters. The molecule has 1 aromatic carbocycles. The van der Waals surface area contributed by atoms with Crippen LogP contribution in [0.4, 0.5) is 17.2 Å². The van der Waals surface area contributed by atoms with E-state index in [-0.39, 0.29) is 0 Å². The molecule has 1 aliphatic heterocycles. The smallest absolute Gasteiger partial charge is 0.180 e. The van der Waals surface area contributed by atoms with Crippen LogP contribution in [0.3, 0.4) is 0 Å². The highest BCUT2D eigenvalue weighted by Crippen LogP contribution is 2.25. The Labute approximate surface area is 165 Å². The van der Waals surface area contributed by atoms with Gasteiger partial charge in [-0.3, -0.25) is 0 Å². The summed E-state index contributed by atoms with van der Waals surface area (Å²) in [5.41, 5.74) is 4.98. The van der Waals surface area contributed by atoms with Crippen LogP contribution in [-0.2, 0) is 4.74 Å². The molecule has 1 aliphatic rings. The van der Waals surface area contributed by atoms with Crippen molar-refractivity contribution in [3.8, 4) is 0 Å². The predicted octanol–water partition coefficient (Wildman–Crippen LogP) is 4.29. The summed E-state index contributed by atoms with van der Waals surface area (Å²) >= 11 is 0. The van der Waals surface area contributed by atoms with Crippen LogP contribution < -0.4 is 10.2 Å². The maximum atomic E-state index is 5.43. The van der Waals surface area contributed by atoms with E-state index in [1.54, 1.807) is 6.20 Å². The van der Waals surface area contributed by atoms with Gasteiger partial charge in [0.15, 0.2) is 11.5 Å². The maximum absolute atomic E-state index is 5.43. The van der Waals surface area contributed by atoms with E-state index >= 15 is 0 Å². The van der Waals surface area contributed by atoms with Crippen LogP contribution in [0.5, 0.6) is 0 Å². The first-order valence-corrected chi connectivity index (χ1v) is 9.61. The number of nitrogens with one attached hydrogen (secondary N) is 1. The number of hydrogen-bond donors (Lipinski definition) is 1. The summed E-state index contributed by atoms with van der Waals surface area (Å²) < 4.78 is 7.43. The van der Waals surface area contributed by atoms with E-state index in [1.165, 1.54) is 5.69 Å². The summed E-state index contributed by atoms with van der Waals surface area (Å²) in [7, 11) is 0. The Morgan fingerprint density at radius 3 is 2.64 bits per heavy atom. The molecule has 1 N–H and O–H groups in total. The number of allylic oxidation sites excluding steroid dienone is 4. The summed E-state index contributed by atoms with van der Waals surface area (Å²) in [5.74, 6) is 0.741. The molecule has 3 heterocycles. The molecule has 0 atom stereocenters. The number of morpholine rings is 1. The van der Waals surface area contributed by atoms with E-state index in [4.69, 9.17) is 9.72 Å². The third-order valence-electron chi connectivity index (χ3n) is 4.83. The number of anilines is 3. The number of imidazole rings is 1. The SMILES string of the molecule is C/C=C\C(=C/C)c1cn2ccnc2c(Nc2ccc(N3CCOCC3)cc2)n1. The molecule has 4 rings (SSSR count). The number of nitrogens with zero attached hydrogens (tertiary/aromatic N) is 4. The topological polar surface area (TPSA) is 54.7 Å². The van der Waals surface area contributed by atoms with Gasteiger partial charge in [0, 0.05) is 43.1 Å². The van der Waals surface area contributed by atoms with Crippen molar-refractivity contribution in [3.63, 3.8) is 0 Å². The zero-order valence-corrected chi connectivity index (χ0v) is 16.3. The predicted molar refractivity (Wildman–Crippen MR) is 114 cm³/mol. The zero-order valence-electron chi connectivity index (χ0n) is 16.3. The van der Waals surface area contributed by atoms with Crippen LogP contribution in [-0.4, -0.2) is 40.7 Å². The van der Waals surface area contributed by atoms with Crippen molar-refractivity contribution in [2.75, 3.05) is 36.5 Å². The molecule has 0 radical (unpaired) electrons. The first-order valence-electron chi connectivity index (χ1n) is 9.61. The van der Waals surface area contributed by atoms with Gasteiger partial charge in [0.2, 0.25) is 0 Å². The molecule has 0 bridgehead atoms. The van der Waals surface area contributed by atoms with Crippen molar-refractivity contribution >= 4 is 28.4 Å². The number of hydrogen-bond acceptors (Lipinski definition) is 5. The average Bonchev–Trinajstić information content (AvgIpc) is 3.22. The molecular formula is C22H25N5O. The highest BCUT2D eigenvalue weighted by Gasteiger charge is 2.12. The quantitative estimate of drug-likeness (QED) is 0.674. The molecular weight excluding hydrogens is 350 g/mol. The second-order valence-corrected chi connectivity index (χ2v) is 6.65. The lowest BCUT2D eigenvalue weighted by atomic mass is 10.1. The van der Waals surface area contributed by atoms with E-state index in [1.807, 2.05) is 36.7 Å². The lowest BCUT2D eigenvalue weighted by Crippen LogP contribution is -2.36. The third-order valence-corrected chi connectivity index (χ3v) is 4.83. The maximum Gasteiger partial charge on any atom is 0.180 e. The molecule has 6 nitrogen and oxygen atoms in total. The number of benzene rings is 1. The van der Waals surface area contributed by atoms with Gasteiger partial charge in [-0.15, -0.1) is 0 Å². The molecule has 0 aliphatic carbocycles. The van der Waals surface area contributed by atoms with Crippen LogP contribution >= 0.6 is 0 Å². The second kappa shape index (κ2) is 8.27. The van der Waals surface area contributed by atoms with Crippen LogP contribution in [0.1, 0.15) is 19.5 Å². The molecule has 3 aromatic rings. The molecule has 1 fully saturated rings. The number of aromatic nitrogens is 3. The van der Waals surface area contributed by atoms with Gasteiger partial charge in [0.25, 0.3) is 0 Å². The molecule has 0 spiro atoms. The minimum absolute atomic E-state index is 0.741. The Hall–Kier alpha value is -3.12. The highest BCUT2D eigenvalue weighted by atomic mass is 16.5. The van der Waals surface area contributed by atoms with Gasteiger partial charge in [-0.2, -0.15) is 0 Å². The fraction of sp³-hybridized carbons (Fsp3) is 0.273. The second-order valence-electron chi connectivity index (χ2n) is 6.65. The molecule has 144 valence electrons. The van der Waals surface area contributed by atoms with Crippen LogP contribution in [0, 0.1) is 0 Å². The number of ether oxygens (including phenoxy) is 1. The van der Waals surface area contributed by atoms with Crippen molar-refractivity contribution in [1.82, 2.24) is 14.4 Å². The molecule has 1 saturated heterocycles. The first-order chi connectivity index (χ1) is 13.8. The standard InChI is InChI=1S/C22H25N5O/c1-3-5-17(4-2)20-16-27-11-10-23-22(27)21(25-20)24-18-6-8-19(9-7-18)26-12-14-28-15-13-26/h3-11,16H,12-15H2,1-2H3,(H,24,25)/b5-3-,17-4+. The van der Waals surface area contributed by atoms with Gasteiger partial charge < -0.3 is 19.4 Å². The summed E-state index contributed by atoms with van der Waals surface area (Å²) in [5, 5.41) is 3.44. The van der Waals surface area contributed by atoms with Crippen molar-refractivity contribution in [2.24, 2.45) is 0 Å². The van der Waals surface area contributed by atoms with E-state index in [0.29, 0.717) is 0 Å². The zero-order chi connectivity index (χ0) is 19.3. The van der Waals surface area contributed by atoms with Gasteiger partial charge in [-0.25, -0.2) is 9.97 Å². The van der Waals surface area contributed by atoms with Crippen molar-refractivity contribution in [2.45, 2.75) is 13.8 Å². The molecule has 6 heteroatoms. The number of rotatable bonds is 5. The molecule has 0 amide bonds. The minimum atomic E-state index is 0.741. The van der Waals surface area contributed by atoms with Crippen molar-refractivity contribution < 1.29 is 4.74 Å². The molecule has 2 aromatic heterocycles. The summed E-state index contributed by atoms with van der Waals surface area (Å²) in [6.07, 6.45) is 11.9. The van der Waals surface area contributed by atoms with Gasteiger partial charge in [0.1, 0.15) is 0 Å². The fourth-order valence-electron chi connectivity index (χ4n) is 3.38. The fourth-order valence-corrected chi connectivity index (χ4v) is 3.38. The van der Waals surface area contributed by atoms with E-state index in [2.05, 4.69) is 51.6 Å². The van der Waals surface area contributed by atoms with Gasteiger partial charge in [0.05, 0.1) is 18.9 Å². The van der Waals surface area contributed by atoms with Gasteiger partial charge >= 0.3 is 0 Å². The Morgan fingerprint density at radius 2 is 1.93 bits per heavy atom. The van der Waals surface area contributed by atoms with Crippen LogP contribution in [0.25, 0.3) is 11.2 Å². The lowest BCUT2D eigenvalue weighted by molar-refractivity contribution is 0.122. The summed E-state index contributed by atoms with van der Waals surface area (Å²) in [4.78, 5) is 11.6. The largest absolute Gasteiger partial charge is 0.378 e. The normalized spacial score (nSPS) is 15.5. The highest BCUT2D eigenvalue weighted by molar-refractivity contribution is 5.76. The van der Waals surface area contributed by atoms with Crippen molar-refractivity contribution in [3.05, 3.63) is 66.8 Å². The third kappa shape index (κ3) is 3.77. The molecule has 0 saturated carbocycles. The summed E-state index contributed by atoms with van der Waals surface area (Å²) in [6.45, 7) is 7.47. The van der Waals surface area contributed by atoms with Crippen LogP contribution in [0.2, 0.25) is 0 Å². The molecule has 28 heavy (non-hydrogen) atoms. The Balaban J connectivity index is 1.62. The summed E-state index contributed by atoms with van der Waals surface area (Å²) in [6, 6.07) is 8.44.